The van der Waals surface area contributed by atoms with Gasteiger partial charge in [-0.2, -0.15) is 0 Å². The molecule has 4 nitrogen and oxygen atoms in total. The Morgan fingerprint density at radius 2 is 2.31 bits per heavy atom. The van der Waals surface area contributed by atoms with Crippen LogP contribution in [0.4, 0.5) is 0 Å². The van der Waals surface area contributed by atoms with Crippen molar-refractivity contribution >= 4 is 0 Å². The van der Waals surface area contributed by atoms with Crippen LogP contribution in [0, 0.1) is 13.8 Å². The third-order valence-electron chi connectivity index (χ3n) is 1.93. The van der Waals surface area contributed by atoms with Gasteiger partial charge < -0.3 is 9.09 Å². The van der Waals surface area contributed by atoms with E-state index in [1.807, 2.05) is 30.7 Å². The number of hydrogen-bond donors (Lipinski definition) is 0. The van der Waals surface area contributed by atoms with Crippen LogP contribution in [0.1, 0.15) is 17.3 Å². The van der Waals surface area contributed by atoms with Gasteiger partial charge in [-0.15, -0.1) is 0 Å². The smallest absolute Gasteiger partial charge is 0.133 e. The topological polar surface area (TPSA) is 43.9 Å². The first-order valence-corrected chi connectivity index (χ1v) is 4.15. The van der Waals surface area contributed by atoms with E-state index in [-0.39, 0.29) is 0 Å². The van der Waals surface area contributed by atoms with Crippen LogP contribution in [-0.4, -0.2) is 14.7 Å². The largest absolute Gasteiger partial charge is 0.361 e. The maximum absolute atomic E-state index is 4.97. The lowest BCUT2D eigenvalue weighted by atomic mass is 10.4. The highest BCUT2D eigenvalue weighted by molar-refractivity contribution is 5.05. The number of aryl methyl sites for hydroxylation is 2. The molecule has 2 aromatic heterocycles. The molecule has 0 radical (unpaired) electrons. The molecule has 2 aromatic rings. The number of rotatable bonds is 2. The lowest BCUT2D eigenvalue weighted by Crippen LogP contribution is -2.00. The molecule has 0 amide bonds. The van der Waals surface area contributed by atoms with Gasteiger partial charge in [0.25, 0.3) is 0 Å². The molecule has 0 atom stereocenters. The van der Waals surface area contributed by atoms with E-state index in [1.54, 1.807) is 6.20 Å². The Morgan fingerprint density at radius 1 is 1.46 bits per heavy atom. The standard InChI is InChI=1S/C9H11N3O/c1-7-5-9(11-13-7)6-12-4-3-10-8(12)2/h3-5H,6H2,1-2H3. The zero-order valence-corrected chi connectivity index (χ0v) is 7.69. The van der Waals surface area contributed by atoms with Crippen molar-refractivity contribution in [3.8, 4) is 0 Å². The Kier molecular flexibility index (Phi) is 1.88. The fourth-order valence-electron chi connectivity index (χ4n) is 1.24. The van der Waals surface area contributed by atoms with Gasteiger partial charge in [-0.1, -0.05) is 5.16 Å². The molecule has 0 bridgehead atoms. The Labute approximate surface area is 76.2 Å². The van der Waals surface area contributed by atoms with Crippen LogP contribution >= 0.6 is 0 Å². The molecule has 0 saturated carbocycles. The van der Waals surface area contributed by atoms with Gasteiger partial charge in [-0.05, 0) is 13.8 Å². The van der Waals surface area contributed by atoms with Crippen LogP contribution in [0.25, 0.3) is 0 Å². The second-order valence-electron chi connectivity index (χ2n) is 3.03. The normalized spacial score (nSPS) is 10.6. The van der Waals surface area contributed by atoms with E-state index in [1.165, 1.54) is 0 Å². The summed E-state index contributed by atoms with van der Waals surface area (Å²) in [4.78, 5) is 4.12. The van der Waals surface area contributed by atoms with Crippen LogP contribution in [-0.2, 0) is 6.54 Å². The first-order valence-electron chi connectivity index (χ1n) is 4.15. The van der Waals surface area contributed by atoms with Crippen LogP contribution in [0.3, 0.4) is 0 Å². The summed E-state index contributed by atoms with van der Waals surface area (Å²) in [5, 5.41) is 3.91. The summed E-state index contributed by atoms with van der Waals surface area (Å²) in [6.45, 7) is 4.58. The van der Waals surface area contributed by atoms with Crippen molar-refractivity contribution in [2.24, 2.45) is 0 Å². The van der Waals surface area contributed by atoms with Crippen LogP contribution < -0.4 is 0 Å². The maximum Gasteiger partial charge on any atom is 0.133 e. The molecule has 0 N–H and O–H groups in total. The van der Waals surface area contributed by atoms with Gasteiger partial charge in [0, 0.05) is 18.5 Å². The Balaban J connectivity index is 2.19. The molecule has 0 spiro atoms. The first kappa shape index (κ1) is 8.04. The predicted molar refractivity (Wildman–Crippen MR) is 47.3 cm³/mol. The third-order valence-corrected chi connectivity index (χ3v) is 1.93. The van der Waals surface area contributed by atoms with Crippen molar-refractivity contribution in [1.29, 1.82) is 0 Å². The Bertz CT molecular complexity index is 402. The number of hydrogen-bond acceptors (Lipinski definition) is 3. The van der Waals surface area contributed by atoms with E-state index in [9.17, 15) is 0 Å². The molecule has 4 heteroatoms. The SMILES string of the molecule is Cc1cc(Cn2ccnc2C)no1. The monoisotopic (exact) mass is 177 g/mol. The minimum atomic E-state index is 0.725. The second kappa shape index (κ2) is 3.05. The number of imidazole rings is 1. The zero-order chi connectivity index (χ0) is 9.26. The Hall–Kier alpha value is -1.58. The highest BCUT2D eigenvalue weighted by Crippen LogP contribution is 2.05. The molecule has 0 aliphatic rings. The van der Waals surface area contributed by atoms with E-state index in [0.717, 1.165) is 23.8 Å². The lowest BCUT2D eigenvalue weighted by molar-refractivity contribution is 0.389. The summed E-state index contributed by atoms with van der Waals surface area (Å²) in [6.07, 6.45) is 3.71. The fraction of sp³-hybridized carbons (Fsp3) is 0.333. The number of nitrogens with zero attached hydrogens (tertiary/aromatic N) is 3. The number of aromatic nitrogens is 3. The molecule has 2 heterocycles. The minimum absolute atomic E-state index is 0.725. The lowest BCUT2D eigenvalue weighted by Gasteiger charge is -1.99. The fourth-order valence-corrected chi connectivity index (χ4v) is 1.24. The maximum atomic E-state index is 4.97. The van der Waals surface area contributed by atoms with E-state index in [4.69, 9.17) is 4.52 Å². The summed E-state index contributed by atoms with van der Waals surface area (Å²) in [6, 6.07) is 1.93. The summed E-state index contributed by atoms with van der Waals surface area (Å²) in [5.74, 6) is 1.83. The van der Waals surface area contributed by atoms with Crippen molar-refractivity contribution in [2.75, 3.05) is 0 Å². The highest BCUT2D eigenvalue weighted by Gasteiger charge is 2.02. The average molecular weight is 177 g/mol. The van der Waals surface area contributed by atoms with Gasteiger partial charge in [-0.25, -0.2) is 4.98 Å². The van der Waals surface area contributed by atoms with Gasteiger partial charge >= 0.3 is 0 Å². The van der Waals surface area contributed by atoms with E-state index in [0.29, 0.717) is 0 Å². The Morgan fingerprint density at radius 3 is 2.85 bits per heavy atom. The van der Waals surface area contributed by atoms with Crippen LogP contribution in [0.2, 0.25) is 0 Å². The highest BCUT2D eigenvalue weighted by atomic mass is 16.5. The zero-order valence-electron chi connectivity index (χ0n) is 7.69. The van der Waals surface area contributed by atoms with Crippen molar-refractivity contribution < 1.29 is 4.52 Å². The van der Waals surface area contributed by atoms with Gasteiger partial charge in [0.15, 0.2) is 0 Å². The summed E-state index contributed by atoms with van der Waals surface area (Å²) in [7, 11) is 0. The van der Waals surface area contributed by atoms with Gasteiger partial charge in [0.1, 0.15) is 17.3 Å². The quantitative estimate of drug-likeness (QED) is 0.698. The summed E-state index contributed by atoms with van der Waals surface area (Å²) >= 11 is 0. The first-order chi connectivity index (χ1) is 6.25. The molecule has 13 heavy (non-hydrogen) atoms. The van der Waals surface area contributed by atoms with Gasteiger partial charge in [0.05, 0.1) is 6.54 Å². The molecule has 0 unspecified atom stereocenters. The van der Waals surface area contributed by atoms with E-state index < -0.39 is 0 Å². The van der Waals surface area contributed by atoms with Crippen molar-refractivity contribution in [1.82, 2.24) is 14.7 Å². The molecule has 68 valence electrons. The molecule has 0 aromatic carbocycles. The van der Waals surface area contributed by atoms with Crippen LogP contribution in [0.15, 0.2) is 23.0 Å². The van der Waals surface area contributed by atoms with Gasteiger partial charge in [-0.3, -0.25) is 0 Å². The summed E-state index contributed by atoms with van der Waals surface area (Å²) < 4.78 is 6.99. The van der Waals surface area contributed by atoms with Gasteiger partial charge in [0.2, 0.25) is 0 Å². The molecular formula is C9H11N3O. The van der Waals surface area contributed by atoms with E-state index in [2.05, 4.69) is 10.1 Å². The van der Waals surface area contributed by atoms with Crippen molar-refractivity contribution in [3.05, 3.63) is 35.7 Å². The molecular weight excluding hydrogens is 166 g/mol. The molecule has 0 fully saturated rings. The van der Waals surface area contributed by atoms with Crippen LogP contribution in [0.5, 0.6) is 0 Å². The summed E-state index contributed by atoms with van der Waals surface area (Å²) in [5.41, 5.74) is 0.929. The molecule has 0 aliphatic carbocycles. The van der Waals surface area contributed by atoms with Crippen molar-refractivity contribution in [3.63, 3.8) is 0 Å². The molecule has 0 aliphatic heterocycles. The molecule has 2 rings (SSSR count). The average Bonchev–Trinajstić information content (AvgIpc) is 2.64. The second-order valence-corrected chi connectivity index (χ2v) is 3.03. The predicted octanol–water partition coefficient (Wildman–Crippen LogP) is 1.54. The third kappa shape index (κ3) is 1.61. The molecule has 0 saturated heterocycles. The van der Waals surface area contributed by atoms with E-state index >= 15 is 0 Å². The van der Waals surface area contributed by atoms with Crippen molar-refractivity contribution in [2.45, 2.75) is 20.4 Å². The minimum Gasteiger partial charge on any atom is -0.361 e.